The fourth-order valence-corrected chi connectivity index (χ4v) is 3.96. The number of nitrogens with zero attached hydrogens (tertiary/aromatic N) is 4. The van der Waals surface area contributed by atoms with Crippen molar-refractivity contribution >= 4 is 11.8 Å². The van der Waals surface area contributed by atoms with Crippen LogP contribution in [0.3, 0.4) is 0 Å². The van der Waals surface area contributed by atoms with Crippen LogP contribution in [0.25, 0.3) is 0 Å². The van der Waals surface area contributed by atoms with Crippen molar-refractivity contribution in [3.8, 4) is 0 Å². The summed E-state index contributed by atoms with van der Waals surface area (Å²) in [5.41, 5.74) is 0.790. The first-order valence-electron chi connectivity index (χ1n) is 9.00. The van der Waals surface area contributed by atoms with Gasteiger partial charge in [0.1, 0.15) is 0 Å². The van der Waals surface area contributed by atoms with Gasteiger partial charge in [-0.3, -0.25) is 9.59 Å². The zero-order valence-electron chi connectivity index (χ0n) is 14.9. The molecular weight excluding hydrogens is 332 g/mol. The molecule has 2 saturated heterocycles. The Kier molecular flexibility index (Phi) is 4.22. The number of likely N-dealkylation sites (tertiary alicyclic amines) is 2. The maximum Gasteiger partial charge on any atom is 0.311 e. The van der Waals surface area contributed by atoms with Crippen molar-refractivity contribution in [3.05, 3.63) is 47.7 Å². The van der Waals surface area contributed by atoms with Crippen LogP contribution in [0.4, 0.5) is 0 Å². The fraction of sp³-hybridized carbons (Fsp3) is 0.474. The molecule has 2 aliphatic heterocycles. The highest BCUT2D eigenvalue weighted by atomic mass is 16.4. The number of aryl methyl sites for hydroxylation is 1. The molecule has 0 bridgehead atoms. The van der Waals surface area contributed by atoms with Gasteiger partial charge in [0.05, 0.1) is 5.41 Å². The summed E-state index contributed by atoms with van der Waals surface area (Å²) in [4.78, 5) is 29.1. The van der Waals surface area contributed by atoms with Gasteiger partial charge >= 0.3 is 11.8 Å². The summed E-state index contributed by atoms with van der Waals surface area (Å²) in [5, 5.41) is 7.51. The van der Waals surface area contributed by atoms with Crippen LogP contribution in [0.5, 0.6) is 0 Å². The molecular formula is C19H22N4O3. The number of amides is 2. The van der Waals surface area contributed by atoms with Crippen LogP contribution in [0, 0.1) is 12.3 Å². The minimum atomic E-state index is -0.443. The van der Waals surface area contributed by atoms with E-state index in [1.54, 1.807) is 11.8 Å². The second kappa shape index (κ2) is 6.55. The van der Waals surface area contributed by atoms with E-state index in [9.17, 15) is 9.59 Å². The summed E-state index contributed by atoms with van der Waals surface area (Å²) in [6.45, 7) is 4.13. The zero-order valence-corrected chi connectivity index (χ0v) is 14.9. The number of hydrogen-bond acceptors (Lipinski definition) is 5. The molecule has 136 valence electrons. The van der Waals surface area contributed by atoms with Gasteiger partial charge in [0.2, 0.25) is 11.8 Å². The van der Waals surface area contributed by atoms with Crippen LogP contribution >= 0.6 is 0 Å². The number of rotatable bonds is 4. The van der Waals surface area contributed by atoms with Crippen molar-refractivity contribution in [1.82, 2.24) is 20.0 Å². The number of benzene rings is 1. The number of hydrogen-bond donors (Lipinski definition) is 0. The molecule has 1 unspecified atom stereocenters. The largest absolute Gasteiger partial charge is 0.417 e. The highest BCUT2D eigenvalue weighted by Gasteiger charge is 2.51. The molecule has 4 rings (SSSR count). The molecule has 1 aromatic carbocycles. The van der Waals surface area contributed by atoms with Crippen LogP contribution in [0.2, 0.25) is 0 Å². The molecule has 1 aromatic heterocycles. The molecule has 2 aromatic rings. The molecule has 1 atom stereocenters. The van der Waals surface area contributed by atoms with Crippen molar-refractivity contribution in [2.75, 3.05) is 26.2 Å². The molecule has 0 aliphatic carbocycles. The van der Waals surface area contributed by atoms with Crippen molar-refractivity contribution in [2.24, 2.45) is 5.41 Å². The standard InChI is InChI=1S/C19H22N4O3/c1-14-20-21-16(26-14)17(24)23-12-9-19(13-23)8-11-22(18(19)25)10-7-15-5-3-2-4-6-15/h2-6H,7-13H2,1H3. The normalized spacial score (nSPS) is 22.6. The summed E-state index contributed by atoms with van der Waals surface area (Å²) < 4.78 is 5.24. The van der Waals surface area contributed by atoms with Gasteiger partial charge in [-0.15, -0.1) is 10.2 Å². The summed E-state index contributed by atoms with van der Waals surface area (Å²) in [7, 11) is 0. The number of carbonyl (C=O) groups is 2. The van der Waals surface area contributed by atoms with Crippen LogP contribution in [-0.4, -0.2) is 58.0 Å². The first kappa shape index (κ1) is 16.8. The van der Waals surface area contributed by atoms with Gasteiger partial charge in [0.15, 0.2) is 0 Å². The van der Waals surface area contributed by atoms with E-state index in [1.807, 2.05) is 23.1 Å². The Morgan fingerprint density at radius 2 is 1.96 bits per heavy atom. The number of aromatic nitrogens is 2. The summed E-state index contributed by atoms with van der Waals surface area (Å²) in [6.07, 6.45) is 2.35. The van der Waals surface area contributed by atoms with Crippen molar-refractivity contribution in [3.63, 3.8) is 0 Å². The molecule has 0 N–H and O–H groups in total. The topological polar surface area (TPSA) is 79.5 Å². The van der Waals surface area contributed by atoms with Crippen molar-refractivity contribution in [2.45, 2.75) is 26.2 Å². The molecule has 1 spiro atoms. The third-order valence-corrected chi connectivity index (χ3v) is 5.46. The third-order valence-electron chi connectivity index (χ3n) is 5.46. The molecule has 7 heteroatoms. The quantitative estimate of drug-likeness (QED) is 0.835. The van der Waals surface area contributed by atoms with E-state index < -0.39 is 5.41 Å². The molecule has 0 radical (unpaired) electrons. The predicted octanol–water partition coefficient (Wildman–Crippen LogP) is 1.69. The van der Waals surface area contributed by atoms with Crippen LogP contribution in [0.1, 0.15) is 35.0 Å². The maximum absolute atomic E-state index is 13.0. The smallest absolute Gasteiger partial charge is 0.311 e. The van der Waals surface area contributed by atoms with Crippen molar-refractivity contribution < 1.29 is 14.0 Å². The first-order valence-corrected chi connectivity index (χ1v) is 9.00. The van der Waals surface area contributed by atoms with Crippen molar-refractivity contribution in [1.29, 1.82) is 0 Å². The van der Waals surface area contributed by atoms with Crippen LogP contribution in [0.15, 0.2) is 34.7 Å². The van der Waals surface area contributed by atoms with Gasteiger partial charge in [0.25, 0.3) is 0 Å². The minimum absolute atomic E-state index is 0.00549. The van der Waals surface area contributed by atoms with Crippen LogP contribution in [-0.2, 0) is 11.2 Å². The second-order valence-electron chi connectivity index (χ2n) is 7.16. The van der Waals surface area contributed by atoms with Gasteiger partial charge in [0, 0.05) is 33.1 Å². The minimum Gasteiger partial charge on any atom is -0.417 e. The lowest BCUT2D eigenvalue weighted by Crippen LogP contribution is -2.39. The lowest BCUT2D eigenvalue weighted by molar-refractivity contribution is -0.135. The molecule has 2 fully saturated rings. The van der Waals surface area contributed by atoms with Gasteiger partial charge in [-0.25, -0.2) is 0 Å². The lowest BCUT2D eigenvalue weighted by atomic mass is 9.85. The molecule has 2 aliphatic rings. The molecule has 26 heavy (non-hydrogen) atoms. The van der Waals surface area contributed by atoms with E-state index >= 15 is 0 Å². The fourth-order valence-electron chi connectivity index (χ4n) is 3.96. The molecule has 2 amide bonds. The van der Waals surface area contributed by atoms with E-state index in [1.165, 1.54) is 5.56 Å². The van der Waals surface area contributed by atoms with Gasteiger partial charge in [-0.2, -0.15) is 0 Å². The molecule has 7 nitrogen and oxygen atoms in total. The average Bonchev–Trinajstić information content (AvgIpc) is 3.36. The van der Waals surface area contributed by atoms with Crippen LogP contribution < -0.4 is 0 Å². The Bertz CT molecular complexity index is 819. The Morgan fingerprint density at radius 1 is 1.19 bits per heavy atom. The first-order chi connectivity index (χ1) is 12.6. The Labute approximate surface area is 152 Å². The Hall–Kier alpha value is -2.70. The van der Waals surface area contributed by atoms with Gasteiger partial charge < -0.3 is 14.2 Å². The highest BCUT2D eigenvalue weighted by molar-refractivity contribution is 5.92. The highest BCUT2D eigenvalue weighted by Crippen LogP contribution is 2.41. The maximum atomic E-state index is 13.0. The Morgan fingerprint density at radius 3 is 2.69 bits per heavy atom. The molecule has 0 saturated carbocycles. The monoisotopic (exact) mass is 354 g/mol. The van der Waals surface area contributed by atoms with E-state index in [0.29, 0.717) is 25.4 Å². The molecule has 3 heterocycles. The lowest BCUT2D eigenvalue weighted by Gasteiger charge is -2.23. The van der Waals surface area contributed by atoms with Gasteiger partial charge in [-0.05, 0) is 24.8 Å². The number of carbonyl (C=O) groups excluding carboxylic acids is 2. The van der Waals surface area contributed by atoms with E-state index in [2.05, 4.69) is 22.3 Å². The zero-order chi connectivity index (χ0) is 18.1. The van der Waals surface area contributed by atoms with Gasteiger partial charge in [-0.1, -0.05) is 30.3 Å². The summed E-state index contributed by atoms with van der Waals surface area (Å²) in [5.74, 6) is 0.265. The predicted molar refractivity (Wildman–Crippen MR) is 93.3 cm³/mol. The Balaban J connectivity index is 1.39. The van der Waals surface area contributed by atoms with E-state index in [0.717, 1.165) is 25.9 Å². The average molecular weight is 354 g/mol. The van der Waals surface area contributed by atoms with E-state index in [4.69, 9.17) is 4.42 Å². The second-order valence-corrected chi connectivity index (χ2v) is 7.16. The summed E-state index contributed by atoms with van der Waals surface area (Å²) in [6, 6.07) is 10.2. The SMILES string of the molecule is Cc1nnc(C(=O)N2CCC3(CCN(CCc4ccccc4)C3=O)C2)o1. The summed E-state index contributed by atoms with van der Waals surface area (Å²) >= 11 is 0. The van der Waals surface area contributed by atoms with E-state index in [-0.39, 0.29) is 17.7 Å². The third kappa shape index (κ3) is 2.98.